The Bertz CT molecular complexity index is 650. The fourth-order valence-corrected chi connectivity index (χ4v) is 3.01. The highest BCUT2D eigenvalue weighted by Gasteiger charge is 2.30. The Balaban J connectivity index is 1.77. The van der Waals surface area contributed by atoms with E-state index < -0.39 is 0 Å². The lowest BCUT2D eigenvalue weighted by Gasteiger charge is -2.37. The lowest BCUT2D eigenvalue weighted by Crippen LogP contribution is -2.44. The number of anilines is 1. The van der Waals surface area contributed by atoms with Gasteiger partial charge in [-0.15, -0.1) is 0 Å². The fraction of sp³-hybridized carbons (Fsp3) is 0.353. The molecule has 2 amide bonds. The van der Waals surface area contributed by atoms with Crippen LogP contribution in [-0.4, -0.2) is 22.0 Å². The predicted octanol–water partition coefficient (Wildman–Crippen LogP) is 4.02. The van der Waals surface area contributed by atoms with E-state index in [4.69, 9.17) is 0 Å². The number of nitrogens with zero attached hydrogens (tertiary/aromatic N) is 2. The molecule has 2 aromatic rings. The predicted molar refractivity (Wildman–Crippen MR) is 84.2 cm³/mol. The van der Waals surface area contributed by atoms with Crippen molar-refractivity contribution in [3.05, 3.63) is 54.1 Å². The van der Waals surface area contributed by atoms with Crippen molar-refractivity contribution < 1.29 is 9.18 Å². The molecule has 3 rings (SSSR count). The van der Waals surface area contributed by atoms with Crippen LogP contribution in [0, 0.1) is 5.82 Å². The number of aromatic nitrogens is 1. The summed E-state index contributed by atoms with van der Waals surface area (Å²) in [6.07, 6.45) is 4.00. The molecule has 1 aromatic carbocycles. The number of urea groups is 1. The maximum Gasteiger partial charge on any atom is 0.322 e. The van der Waals surface area contributed by atoms with Crippen LogP contribution in [0.5, 0.6) is 0 Å². The molecular formula is C17H20FN3O. The third kappa shape index (κ3) is 2.84. The maximum atomic E-state index is 12.9. The van der Waals surface area contributed by atoms with Gasteiger partial charge < -0.3 is 14.8 Å². The van der Waals surface area contributed by atoms with Gasteiger partial charge in [-0.3, -0.25) is 0 Å². The van der Waals surface area contributed by atoms with Gasteiger partial charge in [0.05, 0.1) is 6.04 Å². The van der Waals surface area contributed by atoms with Crippen LogP contribution in [-0.2, 0) is 6.54 Å². The second kappa shape index (κ2) is 6.22. The van der Waals surface area contributed by atoms with E-state index >= 15 is 0 Å². The first-order valence-corrected chi connectivity index (χ1v) is 7.67. The van der Waals surface area contributed by atoms with Gasteiger partial charge in [-0.05, 0) is 42.8 Å². The van der Waals surface area contributed by atoms with Crippen molar-refractivity contribution in [3.63, 3.8) is 0 Å². The van der Waals surface area contributed by atoms with Crippen LogP contribution in [0.4, 0.5) is 14.9 Å². The van der Waals surface area contributed by atoms with Crippen molar-refractivity contribution in [1.29, 1.82) is 0 Å². The molecule has 2 heterocycles. The Morgan fingerprint density at radius 2 is 2.05 bits per heavy atom. The van der Waals surface area contributed by atoms with Crippen molar-refractivity contribution in [2.75, 3.05) is 11.9 Å². The van der Waals surface area contributed by atoms with Crippen LogP contribution >= 0.6 is 0 Å². The van der Waals surface area contributed by atoms with Crippen LogP contribution in [0.25, 0.3) is 0 Å². The number of hydrogen-bond donors (Lipinski definition) is 1. The number of fused-ring (bicyclic) bond motifs is 1. The van der Waals surface area contributed by atoms with Crippen LogP contribution in [0.3, 0.4) is 0 Å². The summed E-state index contributed by atoms with van der Waals surface area (Å²) in [5.41, 5.74) is 1.80. The van der Waals surface area contributed by atoms with Crippen molar-refractivity contribution in [2.24, 2.45) is 0 Å². The minimum absolute atomic E-state index is 0.0919. The molecule has 1 atom stereocenters. The summed E-state index contributed by atoms with van der Waals surface area (Å²) in [5, 5.41) is 2.86. The molecule has 0 bridgehead atoms. The topological polar surface area (TPSA) is 37.3 Å². The van der Waals surface area contributed by atoms with E-state index in [2.05, 4.69) is 29.1 Å². The van der Waals surface area contributed by atoms with E-state index in [9.17, 15) is 9.18 Å². The molecule has 1 aromatic heterocycles. The minimum atomic E-state index is -0.308. The molecule has 4 nitrogen and oxygen atoms in total. The van der Waals surface area contributed by atoms with Gasteiger partial charge in [-0.25, -0.2) is 9.18 Å². The summed E-state index contributed by atoms with van der Waals surface area (Å²) in [6, 6.07) is 9.92. The molecule has 0 fully saturated rings. The highest BCUT2D eigenvalue weighted by molar-refractivity contribution is 5.89. The number of rotatable bonds is 3. The van der Waals surface area contributed by atoms with Crippen LogP contribution in [0.2, 0.25) is 0 Å². The van der Waals surface area contributed by atoms with Crippen LogP contribution in [0.1, 0.15) is 31.5 Å². The molecule has 5 heteroatoms. The first-order chi connectivity index (χ1) is 10.7. The van der Waals surface area contributed by atoms with Gasteiger partial charge in [0.2, 0.25) is 0 Å². The van der Waals surface area contributed by atoms with Gasteiger partial charge in [0.15, 0.2) is 0 Å². The Labute approximate surface area is 129 Å². The van der Waals surface area contributed by atoms with E-state index in [-0.39, 0.29) is 17.9 Å². The zero-order chi connectivity index (χ0) is 15.5. The van der Waals surface area contributed by atoms with Crippen LogP contribution < -0.4 is 5.32 Å². The SMILES string of the molecule is CCCC1c2cccn2CCN1C(=O)Nc1ccc(F)cc1. The van der Waals surface area contributed by atoms with E-state index in [1.54, 1.807) is 12.1 Å². The molecule has 0 saturated carbocycles. The highest BCUT2D eigenvalue weighted by atomic mass is 19.1. The molecule has 0 radical (unpaired) electrons. The van der Waals surface area contributed by atoms with E-state index in [1.165, 1.54) is 17.8 Å². The van der Waals surface area contributed by atoms with Gasteiger partial charge in [0.1, 0.15) is 5.82 Å². The molecule has 1 aliphatic rings. The molecule has 22 heavy (non-hydrogen) atoms. The number of benzene rings is 1. The Morgan fingerprint density at radius 3 is 2.77 bits per heavy atom. The lowest BCUT2D eigenvalue weighted by molar-refractivity contribution is 0.163. The molecule has 0 aliphatic carbocycles. The van der Waals surface area contributed by atoms with E-state index in [0.29, 0.717) is 12.2 Å². The van der Waals surface area contributed by atoms with Crippen molar-refractivity contribution >= 4 is 11.7 Å². The monoisotopic (exact) mass is 301 g/mol. The largest absolute Gasteiger partial charge is 0.348 e. The zero-order valence-corrected chi connectivity index (χ0v) is 12.6. The summed E-state index contributed by atoms with van der Waals surface area (Å²) in [4.78, 5) is 14.5. The Hall–Kier alpha value is -2.30. The number of amides is 2. The first-order valence-electron chi connectivity index (χ1n) is 7.67. The standard InChI is InChI=1S/C17H20FN3O/c1-2-4-16-15-5-3-10-20(15)11-12-21(16)17(22)19-14-8-6-13(18)7-9-14/h3,5-10,16H,2,4,11-12H2,1H3,(H,19,22). The first kappa shape index (κ1) is 14.6. The molecule has 0 spiro atoms. The van der Waals surface area contributed by atoms with Crippen molar-refractivity contribution in [2.45, 2.75) is 32.4 Å². The second-order valence-corrected chi connectivity index (χ2v) is 5.56. The number of carbonyl (C=O) groups excluding carboxylic acids is 1. The Morgan fingerprint density at radius 1 is 1.27 bits per heavy atom. The quantitative estimate of drug-likeness (QED) is 0.913. The van der Waals surface area contributed by atoms with Gasteiger partial charge in [-0.1, -0.05) is 13.3 Å². The number of nitrogens with one attached hydrogen (secondary N) is 1. The van der Waals surface area contributed by atoms with E-state index in [0.717, 1.165) is 19.4 Å². The summed E-state index contributed by atoms with van der Waals surface area (Å²) in [5.74, 6) is -0.308. The second-order valence-electron chi connectivity index (χ2n) is 5.56. The summed E-state index contributed by atoms with van der Waals surface area (Å²) >= 11 is 0. The fourth-order valence-electron chi connectivity index (χ4n) is 3.01. The molecular weight excluding hydrogens is 281 g/mol. The number of halogens is 1. The maximum absolute atomic E-state index is 12.9. The Kier molecular flexibility index (Phi) is 4.13. The van der Waals surface area contributed by atoms with Gasteiger partial charge in [0.25, 0.3) is 0 Å². The normalized spacial score (nSPS) is 17.2. The van der Waals surface area contributed by atoms with Crippen molar-refractivity contribution in [1.82, 2.24) is 9.47 Å². The summed E-state index contributed by atoms with van der Waals surface area (Å²) in [6.45, 7) is 3.61. The third-order valence-electron chi connectivity index (χ3n) is 4.08. The molecule has 1 aliphatic heterocycles. The van der Waals surface area contributed by atoms with E-state index in [1.807, 2.05) is 11.0 Å². The average Bonchev–Trinajstić information content (AvgIpc) is 2.99. The van der Waals surface area contributed by atoms with Gasteiger partial charge in [0, 0.05) is 30.7 Å². The number of hydrogen-bond acceptors (Lipinski definition) is 1. The van der Waals surface area contributed by atoms with Gasteiger partial charge in [-0.2, -0.15) is 0 Å². The smallest absolute Gasteiger partial charge is 0.322 e. The summed E-state index contributed by atoms with van der Waals surface area (Å²) in [7, 11) is 0. The van der Waals surface area contributed by atoms with Gasteiger partial charge >= 0.3 is 6.03 Å². The molecule has 0 saturated heterocycles. The average molecular weight is 301 g/mol. The lowest BCUT2D eigenvalue weighted by atomic mass is 10.0. The zero-order valence-electron chi connectivity index (χ0n) is 12.6. The number of carbonyl (C=O) groups is 1. The minimum Gasteiger partial charge on any atom is -0.348 e. The summed E-state index contributed by atoms with van der Waals surface area (Å²) < 4.78 is 15.2. The molecule has 116 valence electrons. The molecule has 1 unspecified atom stereocenters. The highest BCUT2D eigenvalue weighted by Crippen LogP contribution is 2.30. The molecule has 1 N–H and O–H groups in total. The van der Waals surface area contributed by atoms with Crippen molar-refractivity contribution in [3.8, 4) is 0 Å². The third-order valence-corrected chi connectivity index (χ3v) is 4.08. The van der Waals surface area contributed by atoms with Crippen LogP contribution in [0.15, 0.2) is 42.6 Å².